The number of hydrogen-bond donors (Lipinski definition) is 1. The van der Waals surface area contributed by atoms with Gasteiger partial charge in [0.2, 0.25) is 0 Å². The Bertz CT molecular complexity index is 396. The van der Waals surface area contributed by atoms with Gasteiger partial charge in [-0.05, 0) is 24.6 Å². The zero-order valence-corrected chi connectivity index (χ0v) is 11.2. The third-order valence-electron chi connectivity index (χ3n) is 2.32. The van der Waals surface area contributed by atoms with Crippen molar-refractivity contribution in [2.75, 3.05) is 25.6 Å². The van der Waals surface area contributed by atoms with Crippen molar-refractivity contribution in [3.05, 3.63) is 28.8 Å². The van der Waals surface area contributed by atoms with Gasteiger partial charge in [-0.25, -0.2) is 4.79 Å². The molecule has 0 saturated heterocycles. The maximum atomic E-state index is 11.7. The van der Waals surface area contributed by atoms with Crippen molar-refractivity contribution >= 4 is 23.3 Å². The summed E-state index contributed by atoms with van der Waals surface area (Å²) < 4.78 is 10.3. The first-order valence-electron chi connectivity index (χ1n) is 5.95. The number of esters is 1. The van der Waals surface area contributed by atoms with Gasteiger partial charge in [-0.15, -0.1) is 0 Å². The monoisotopic (exact) mass is 271 g/mol. The second-order valence-corrected chi connectivity index (χ2v) is 4.25. The number of anilines is 1. The van der Waals surface area contributed by atoms with Crippen LogP contribution in [-0.2, 0) is 9.47 Å². The summed E-state index contributed by atoms with van der Waals surface area (Å²) in [7, 11) is 0. The van der Waals surface area contributed by atoms with Gasteiger partial charge in [-0.1, -0.05) is 24.9 Å². The van der Waals surface area contributed by atoms with Crippen LogP contribution in [0, 0.1) is 0 Å². The van der Waals surface area contributed by atoms with Gasteiger partial charge in [0.1, 0.15) is 6.61 Å². The number of carbonyl (C=O) groups is 1. The quantitative estimate of drug-likeness (QED) is 0.471. The van der Waals surface area contributed by atoms with E-state index >= 15 is 0 Å². The SMILES string of the molecule is CCCCOCCOC(=O)c1ccc(N)cc1Cl. The predicted octanol–water partition coefficient (Wildman–Crippen LogP) is 2.90. The zero-order valence-electron chi connectivity index (χ0n) is 10.4. The first-order valence-corrected chi connectivity index (χ1v) is 6.33. The van der Waals surface area contributed by atoms with Crippen molar-refractivity contribution in [1.29, 1.82) is 0 Å². The van der Waals surface area contributed by atoms with Crippen LogP contribution in [0.15, 0.2) is 18.2 Å². The molecule has 0 aromatic heterocycles. The molecular formula is C13H18ClNO3. The predicted molar refractivity (Wildman–Crippen MR) is 71.9 cm³/mol. The molecule has 0 aliphatic rings. The number of nitrogens with two attached hydrogens (primary N) is 1. The Balaban J connectivity index is 2.32. The smallest absolute Gasteiger partial charge is 0.339 e. The highest BCUT2D eigenvalue weighted by atomic mass is 35.5. The maximum Gasteiger partial charge on any atom is 0.339 e. The van der Waals surface area contributed by atoms with Crippen molar-refractivity contribution in [2.45, 2.75) is 19.8 Å². The lowest BCUT2D eigenvalue weighted by Gasteiger charge is -2.07. The van der Waals surface area contributed by atoms with Crippen LogP contribution in [0.4, 0.5) is 5.69 Å². The molecule has 1 aromatic carbocycles. The molecule has 0 unspecified atom stereocenters. The maximum absolute atomic E-state index is 11.7. The Morgan fingerprint density at radius 1 is 1.33 bits per heavy atom. The molecule has 18 heavy (non-hydrogen) atoms. The number of rotatable bonds is 7. The Morgan fingerprint density at radius 2 is 2.11 bits per heavy atom. The lowest BCUT2D eigenvalue weighted by molar-refractivity contribution is 0.0314. The van der Waals surface area contributed by atoms with Gasteiger partial charge >= 0.3 is 5.97 Å². The summed E-state index contributed by atoms with van der Waals surface area (Å²) in [5, 5.41) is 0.298. The van der Waals surface area contributed by atoms with Gasteiger partial charge < -0.3 is 15.2 Å². The third kappa shape index (κ3) is 4.94. The molecule has 1 aromatic rings. The van der Waals surface area contributed by atoms with E-state index in [1.807, 2.05) is 0 Å². The number of carbonyl (C=O) groups excluding carboxylic acids is 1. The minimum atomic E-state index is -0.459. The molecular weight excluding hydrogens is 254 g/mol. The average Bonchev–Trinajstić information content (AvgIpc) is 2.33. The largest absolute Gasteiger partial charge is 0.460 e. The van der Waals surface area contributed by atoms with E-state index < -0.39 is 5.97 Å². The van der Waals surface area contributed by atoms with Gasteiger partial charge in [0, 0.05) is 12.3 Å². The van der Waals surface area contributed by atoms with E-state index in [-0.39, 0.29) is 6.61 Å². The van der Waals surface area contributed by atoms with E-state index in [1.165, 1.54) is 6.07 Å². The highest BCUT2D eigenvalue weighted by Crippen LogP contribution is 2.19. The normalized spacial score (nSPS) is 10.3. The van der Waals surface area contributed by atoms with Gasteiger partial charge in [-0.2, -0.15) is 0 Å². The van der Waals surface area contributed by atoms with E-state index in [9.17, 15) is 4.79 Å². The van der Waals surface area contributed by atoms with E-state index in [0.29, 0.717) is 29.5 Å². The van der Waals surface area contributed by atoms with Crippen molar-refractivity contribution in [1.82, 2.24) is 0 Å². The standard InChI is InChI=1S/C13H18ClNO3/c1-2-3-6-17-7-8-18-13(16)11-5-4-10(15)9-12(11)14/h4-5,9H,2-3,6-8,15H2,1H3. The number of halogens is 1. The molecule has 0 fully saturated rings. The first kappa shape index (κ1) is 14.8. The van der Waals surface area contributed by atoms with Crippen LogP contribution < -0.4 is 5.73 Å². The molecule has 0 saturated carbocycles. The number of nitrogen functional groups attached to an aromatic ring is 1. The van der Waals surface area contributed by atoms with Crippen LogP contribution in [0.2, 0.25) is 5.02 Å². The summed E-state index contributed by atoms with van der Waals surface area (Å²) in [4.78, 5) is 11.7. The van der Waals surface area contributed by atoms with Crippen molar-refractivity contribution in [3.63, 3.8) is 0 Å². The molecule has 0 aliphatic heterocycles. The van der Waals surface area contributed by atoms with Crippen LogP contribution >= 0.6 is 11.6 Å². The third-order valence-corrected chi connectivity index (χ3v) is 2.63. The second-order valence-electron chi connectivity index (χ2n) is 3.84. The molecule has 0 heterocycles. The summed E-state index contributed by atoms with van der Waals surface area (Å²) in [6, 6.07) is 4.69. The number of unbranched alkanes of at least 4 members (excludes halogenated alkanes) is 1. The van der Waals surface area contributed by atoms with Crippen molar-refractivity contribution in [3.8, 4) is 0 Å². The molecule has 0 amide bonds. The van der Waals surface area contributed by atoms with Crippen LogP contribution in [0.1, 0.15) is 30.1 Å². The molecule has 100 valence electrons. The van der Waals surface area contributed by atoms with E-state index in [2.05, 4.69) is 6.92 Å². The number of benzene rings is 1. The van der Waals surface area contributed by atoms with Crippen molar-refractivity contribution < 1.29 is 14.3 Å². The van der Waals surface area contributed by atoms with Gasteiger partial charge in [0.15, 0.2) is 0 Å². The number of hydrogen-bond acceptors (Lipinski definition) is 4. The molecule has 1 rings (SSSR count). The average molecular weight is 272 g/mol. The summed E-state index contributed by atoms with van der Waals surface area (Å²) in [5.41, 5.74) is 6.37. The Morgan fingerprint density at radius 3 is 2.78 bits per heavy atom. The molecule has 0 atom stereocenters. The molecule has 2 N–H and O–H groups in total. The molecule has 0 aliphatic carbocycles. The molecule has 0 radical (unpaired) electrons. The Hall–Kier alpha value is -1.26. The topological polar surface area (TPSA) is 61.5 Å². The van der Waals surface area contributed by atoms with Crippen LogP contribution in [-0.4, -0.2) is 25.8 Å². The molecule has 4 nitrogen and oxygen atoms in total. The van der Waals surface area contributed by atoms with Crippen LogP contribution in [0.3, 0.4) is 0 Å². The molecule has 0 bridgehead atoms. The fourth-order valence-electron chi connectivity index (χ4n) is 1.32. The Kier molecular flexibility index (Phi) is 6.54. The van der Waals surface area contributed by atoms with Gasteiger partial charge in [-0.3, -0.25) is 0 Å². The molecule has 5 heteroatoms. The minimum absolute atomic E-state index is 0.225. The molecule has 0 spiro atoms. The fraction of sp³-hybridized carbons (Fsp3) is 0.462. The lowest BCUT2D eigenvalue weighted by Crippen LogP contribution is -2.11. The summed E-state index contributed by atoms with van der Waals surface area (Å²) in [6.07, 6.45) is 2.10. The Labute approximate surface area is 112 Å². The summed E-state index contributed by atoms with van der Waals surface area (Å²) >= 11 is 5.89. The highest BCUT2D eigenvalue weighted by molar-refractivity contribution is 6.33. The zero-order chi connectivity index (χ0) is 13.4. The summed E-state index contributed by atoms with van der Waals surface area (Å²) in [6.45, 7) is 3.41. The second kappa shape index (κ2) is 7.95. The lowest BCUT2D eigenvalue weighted by atomic mass is 10.2. The summed E-state index contributed by atoms with van der Waals surface area (Å²) in [5.74, 6) is -0.459. The van der Waals surface area contributed by atoms with Crippen molar-refractivity contribution in [2.24, 2.45) is 0 Å². The fourth-order valence-corrected chi connectivity index (χ4v) is 1.58. The van der Waals surface area contributed by atoms with E-state index in [1.54, 1.807) is 12.1 Å². The number of ether oxygens (including phenoxy) is 2. The van der Waals surface area contributed by atoms with E-state index in [4.69, 9.17) is 26.8 Å². The van der Waals surface area contributed by atoms with Crippen LogP contribution in [0.25, 0.3) is 0 Å². The van der Waals surface area contributed by atoms with E-state index in [0.717, 1.165) is 12.8 Å². The first-order chi connectivity index (χ1) is 8.65. The van der Waals surface area contributed by atoms with Gasteiger partial charge in [0.25, 0.3) is 0 Å². The minimum Gasteiger partial charge on any atom is -0.460 e. The van der Waals surface area contributed by atoms with Gasteiger partial charge in [0.05, 0.1) is 17.2 Å². The highest BCUT2D eigenvalue weighted by Gasteiger charge is 2.11. The van der Waals surface area contributed by atoms with Crippen LogP contribution in [0.5, 0.6) is 0 Å².